The van der Waals surface area contributed by atoms with Crippen LogP contribution in [0.15, 0.2) is 12.3 Å². The number of carbonyl (C=O) groups excluding carboxylic acids is 1. The molecule has 2 nitrogen and oxygen atoms in total. The molecule has 1 radical (unpaired) electrons. The fourth-order valence-electron chi connectivity index (χ4n) is 1.31. The van der Waals surface area contributed by atoms with Crippen LogP contribution < -0.4 is 0 Å². The van der Waals surface area contributed by atoms with Gasteiger partial charge in [0.1, 0.15) is 5.78 Å². The van der Waals surface area contributed by atoms with Crippen LogP contribution in [-0.4, -0.2) is 16.7 Å². The van der Waals surface area contributed by atoms with Gasteiger partial charge in [-0.1, -0.05) is 11.6 Å². The first kappa shape index (κ1) is 13.1. The van der Waals surface area contributed by atoms with Gasteiger partial charge in [-0.15, -0.1) is 11.6 Å². The van der Waals surface area contributed by atoms with Gasteiger partial charge in [-0.3, -0.25) is 0 Å². The summed E-state index contributed by atoms with van der Waals surface area (Å²) < 4.78 is 25.1. The first-order chi connectivity index (χ1) is 6.92. The van der Waals surface area contributed by atoms with Crippen molar-refractivity contribution >= 4 is 11.4 Å². The molecule has 87 valence electrons. The zero-order chi connectivity index (χ0) is 11.2. The maximum Gasteiger partial charge on any atom is 0.240 e. The van der Waals surface area contributed by atoms with E-state index >= 15 is 0 Å². The first-order valence-corrected chi connectivity index (χ1v) is 4.43. The van der Waals surface area contributed by atoms with Gasteiger partial charge in [-0.05, 0) is 25.1 Å². The van der Waals surface area contributed by atoms with Crippen molar-refractivity contribution < 1.29 is 33.7 Å². The molecule has 0 spiro atoms. The predicted octanol–water partition coefficient (Wildman–Crippen LogP) is 2.10. The molecule has 0 atom stereocenters. The molecule has 1 aliphatic rings. The maximum atomic E-state index is 12.5. The largest absolute Gasteiger partial charge is 0.365 e. The Morgan fingerprint density at radius 3 is 2.38 bits per heavy atom. The SMILES string of the molecule is Cc1cnc(C2=[C-]C(F)(F)C2=O)cc1C.[Ir]. The molecule has 0 unspecified atom stereocenters. The summed E-state index contributed by atoms with van der Waals surface area (Å²) in [5, 5.41) is 0. The molecule has 1 heterocycles. The van der Waals surface area contributed by atoms with Crippen molar-refractivity contribution in [1.29, 1.82) is 0 Å². The van der Waals surface area contributed by atoms with E-state index < -0.39 is 11.7 Å². The molecule has 0 N–H and O–H groups in total. The number of allylic oxidation sites excluding steroid dienone is 2. The van der Waals surface area contributed by atoms with Crippen molar-refractivity contribution in [2.75, 3.05) is 0 Å². The zero-order valence-corrected chi connectivity index (χ0v) is 11.0. The van der Waals surface area contributed by atoms with E-state index in [0.29, 0.717) is 0 Å². The third-order valence-corrected chi connectivity index (χ3v) is 2.42. The Kier molecular flexibility index (Phi) is 3.41. The molecular weight excluding hydrogens is 392 g/mol. The van der Waals surface area contributed by atoms with Crippen LogP contribution >= 0.6 is 0 Å². The molecule has 0 saturated heterocycles. The van der Waals surface area contributed by atoms with E-state index in [1.807, 2.05) is 13.8 Å². The predicted molar refractivity (Wildman–Crippen MR) is 50.3 cm³/mol. The van der Waals surface area contributed by atoms with E-state index in [2.05, 4.69) is 4.98 Å². The molecule has 0 fully saturated rings. The Balaban J connectivity index is 0.00000128. The average Bonchev–Trinajstić information content (AvgIpc) is 2.19. The van der Waals surface area contributed by atoms with Gasteiger partial charge in [0, 0.05) is 26.3 Å². The number of alkyl halides is 2. The third-order valence-electron chi connectivity index (χ3n) is 2.42. The zero-order valence-electron chi connectivity index (χ0n) is 8.60. The van der Waals surface area contributed by atoms with Crippen molar-refractivity contribution in [3.05, 3.63) is 35.2 Å². The van der Waals surface area contributed by atoms with Crippen molar-refractivity contribution in [3.8, 4) is 0 Å². The topological polar surface area (TPSA) is 30.0 Å². The monoisotopic (exact) mass is 401 g/mol. The molecule has 16 heavy (non-hydrogen) atoms. The number of Topliss-reactive ketones (excluding diaryl/α,β-unsaturated/α-hetero) is 1. The van der Waals surface area contributed by atoms with E-state index in [9.17, 15) is 13.6 Å². The van der Waals surface area contributed by atoms with Gasteiger partial charge >= 0.3 is 0 Å². The molecule has 5 heteroatoms. The molecule has 0 aliphatic heterocycles. The molecule has 1 aliphatic carbocycles. The van der Waals surface area contributed by atoms with Gasteiger partial charge in [-0.25, -0.2) is 8.78 Å². The fraction of sp³-hybridized carbons (Fsp3) is 0.273. The number of pyridine rings is 1. The minimum absolute atomic E-state index is 0. The Labute approximate surface area is 105 Å². The van der Waals surface area contributed by atoms with Crippen molar-refractivity contribution in [3.63, 3.8) is 0 Å². The Bertz CT molecular complexity index is 483. The molecule has 2 rings (SSSR count). The molecule has 0 amide bonds. The summed E-state index contributed by atoms with van der Waals surface area (Å²) in [6.45, 7) is 3.70. The smallest absolute Gasteiger partial charge is 0.240 e. The van der Waals surface area contributed by atoms with Crippen molar-refractivity contribution in [2.45, 2.75) is 19.8 Å². The Hall–Kier alpha value is -0.931. The molecule has 1 aromatic heterocycles. The Morgan fingerprint density at radius 2 is 1.94 bits per heavy atom. The van der Waals surface area contributed by atoms with Gasteiger partial charge < -0.3 is 9.78 Å². The summed E-state index contributed by atoms with van der Waals surface area (Å²) in [5.41, 5.74) is 2.03. The summed E-state index contributed by atoms with van der Waals surface area (Å²) in [7, 11) is 0. The summed E-state index contributed by atoms with van der Waals surface area (Å²) in [6, 6.07) is 1.62. The van der Waals surface area contributed by atoms with E-state index in [0.717, 1.165) is 11.1 Å². The number of ketones is 1. The summed E-state index contributed by atoms with van der Waals surface area (Å²) in [5.74, 6) is -4.62. The second-order valence-electron chi connectivity index (χ2n) is 3.56. The van der Waals surface area contributed by atoms with E-state index in [1.165, 1.54) is 0 Å². The van der Waals surface area contributed by atoms with Crippen LogP contribution in [0.4, 0.5) is 8.78 Å². The molecule has 1 aromatic rings. The van der Waals surface area contributed by atoms with Crippen LogP contribution in [0.5, 0.6) is 0 Å². The van der Waals surface area contributed by atoms with E-state index in [4.69, 9.17) is 0 Å². The number of carbonyl (C=O) groups is 1. The second-order valence-corrected chi connectivity index (χ2v) is 3.56. The molecule has 0 bridgehead atoms. The average molecular weight is 400 g/mol. The number of nitrogens with zero attached hydrogens (tertiary/aromatic N) is 1. The van der Waals surface area contributed by atoms with Crippen LogP contribution in [0.2, 0.25) is 0 Å². The standard InChI is InChI=1S/C11H8F2NO.Ir/c1-6-3-9(14-5-7(6)2)8-4-11(12,13)10(8)15;/h3,5H,1-2H3;/q-1;. The number of aryl methyl sites for hydroxylation is 2. The molecule has 0 saturated carbocycles. The van der Waals surface area contributed by atoms with Crippen LogP contribution in [0.25, 0.3) is 5.57 Å². The van der Waals surface area contributed by atoms with E-state index in [-0.39, 0.29) is 31.4 Å². The Morgan fingerprint density at radius 1 is 1.31 bits per heavy atom. The van der Waals surface area contributed by atoms with Gasteiger partial charge in [0.25, 0.3) is 0 Å². The third kappa shape index (κ3) is 1.97. The summed E-state index contributed by atoms with van der Waals surface area (Å²) in [6.07, 6.45) is 3.36. The first-order valence-electron chi connectivity index (χ1n) is 4.43. The summed E-state index contributed by atoms with van der Waals surface area (Å²) in [4.78, 5) is 14.9. The van der Waals surface area contributed by atoms with Crippen molar-refractivity contribution in [1.82, 2.24) is 4.98 Å². The molecular formula is C11H8F2IrNO-. The maximum absolute atomic E-state index is 12.5. The van der Waals surface area contributed by atoms with Gasteiger partial charge in [0.15, 0.2) is 0 Å². The van der Waals surface area contributed by atoms with E-state index in [1.54, 1.807) is 18.3 Å². The number of hydrogen-bond donors (Lipinski definition) is 0. The number of aromatic nitrogens is 1. The number of rotatable bonds is 1. The fourth-order valence-corrected chi connectivity index (χ4v) is 1.31. The number of hydrogen-bond acceptors (Lipinski definition) is 2. The van der Waals surface area contributed by atoms with Crippen molar-refractivity contribution in [2.24, 2.45) is 0 Å². The van der Waals surface area contributed by atoms with Crippen LogP contribution in [0.3, 0.4) is 0 Å². The summed E-state index contributed by atoms with van der Waals surface area (Å²) >= 11 is 0. The van der Waals surface area contributed by atoms with Crippen LogP contribution in [0.1, 0.15) is 16.8 Å². The quantitative estimate of drug-likeness (QED) is 0.676. The minimum Gasteiger partial charge on any atom is -0.365 e. The minimum atomic E-state index is -3.42. The second kappa shape index (κ2) is 4.15. The normalized spacial score (nSPS) is 17.2. The van der Waals surface area contributed by atoms with Crippen LogP contribution in [-0.2, 0) is 24.9 Å². The van der Waals surface area contributed by atoms with Crippen LogP contribution in [0, 0.1) is 19.9 Å². The van der Waals surface area contributed by atoms with Gasteiger partial charge in [0.2, 0.25) is 5.92 Å². The number of halogens is 2. The van der Waals surface area contributed by atoms with Gasteiger partial charge in [-0.2, -0.15) is 0 Å². The van der Waals surface area contributed by atoms with Gasteiger partial charge in [0.05, 0.1) is 0 Å². The molecule has 0 aromatic carbocycles.